The van der Waals surface area contributed by atoms with Crippen LogP contribution < -0.4 is 16.4 Å². The van der Waals surface area contributed by atoms with Crippen molar-refractivity contribution in [3.63, 3.8) is 0 Å². The molecule has 0 fully saturated rings. The largest absolute Gasteiger partial charge is 0.369 e. The summed E-state index contributed by atoms with van der Waals surface area (Å²) in [6, 6.07) is 9.32. The van der Waals surface area contributed by atoms with Gasteiger partial charge in [-0.15, -0.1) is 23.5 Å². The molecule has 2 amide bonds. The first kappa shape index (κ1) is 19.0. The van der Waals surface area contributed by atoms with Crippen molar-refractivity contribution in [1.82, 2.24) is 15.6 Å². The molecule has 0 unspecified atom stereocenters. The fourth-order valence-corrected chi connectivity index (χ4v) is 2.89. The van der Waals surface area contributed by atoms with Gasteiger partial charge in [0.05, 0.1) is 5.69 Å². The van der Waals surface area contributed by atoms with E-state index in [9.17, 15) is 4.79 Å². The number of rotatable bonds is 3. The smallest absolute Gasteiger partial charge is 0.325 e. The summed E-state index contributed by atoms with van der Waals surface area (Å²) in [4.78, 5) is 20.6. The van der Waals surface area contributed by atoms with Crippen molar-refractivity contribution in [2.45, 2.75) is 6.92 Å². The summed E-state index contributed by atoms with van der Waals surface area (Å²) in [5.41, 5.74) is 8.28. The summed E-state index contributed by atoms with van der Waals surface area (Å²) < 4.78 is 0. The quantitative estimate of drug-likeness (QED) is 0.276. The fraction of sp³-hybridized carbons (Fsp3) is 0.0526. The number of nitrogens with two attached hydrogens (primary N) is 1. The van der Waals surface area contributed by atoms with Gasteiger partial charge in [0.2, 0.25) is 11.1 Å². The third-order valence-corrected chi connectivity index (χ3v) is 4.17. The molecule has 1 aromatic heterocycles. The van der Waals surface area contributed by atoms with Crippen molar-refractivity contribution >= 4 is 28.5 Å². The molecule has 4 N–H and O–H groups in total. The van der Waals surface area contributed by atoms with Crippen molar-refractivity contribution < 1.29 is 4.79 Å². The number of nitrogens with zero attached hydrogens (tertiary/aromatic N) is 2. The van der Waals surface area contributed by atoms with E-state index in [4.69, 9.17) is 5.73 Å². The first-order valence-corrected chi connectivity index (χ1v) is 8.81. The van der Waals surface area contributed by atoms with Crippen LogP contribution in [-0.4, -0.2) is 17.0 Å². The SMILES string of the molecule is C[C-]1C=CC=C(NC(=O)N/C(N)=N/c2nc(-c3ccccc3)cs2)C=C1.[Lr]. The van der Waals surface area contributed by atoms with E-state index in [0.29, 0.717) is 10.8 Å². The van der Waals surface area contributed by atoms with E-state index in [1.54, 1.807) is 6.08 Å². The maximum Gasteiger partial charge on any atom is 0.325 e. The average Bonchev–Trinajstić information content (AvgIpc) is 2.99. The van der Waals surface area contributed by atoms with Gasteiger partial charge in [-0.1, -0.05) is 37.3 Å². The van der Waals surface area contributed by atoms with Crippen LogP contribution in [0.15, 0.2) is 76.8 Å². The zero-order valence-corrected chi connectivity index (χ0v) is 17.4. The Morgan fingerprint density at radius 1 is 1.26 bits per heavy atom. The third kappa shape index (κ3) is 5.33. The average molecular weight is 626 g/mol. The second-order valence-corrected chi connectivity index (χ2v) is 6.35. The van der Waals surface area contributed by atoms with E-state index in [-0.39, 0.29) is 5.96 Å². The summed E-state index contributed by atoms with van der Waals surface area (Å²) in [5, 5.41) is 7.58. The second kappa shape index (κ2) is 8.68. The number of hydrogen-bond acceptors (Lipinski definition) is 4. The van der Waals surface area contributed by atoms with Crippen molar-refractivity contribution in [1.29, 1.82) is 0 Å². The maximum atomic E-state index is 12.0. The Morgan fingerprint density at radius 3 is 2.81 bits per heavy atom. The van der Waals surface area contributed by atoms with Gasteiger partial charge in [-0.2, -0.15) is 29.1 Å². The van der Waals surface area contributed by atoms with Gasteiger partial charge in [-0.3, -0.25) is 5.32 Å². The standard InChI is InChI=1S/C19H18N5OS.Lr/c1-13-6-5-9-15(11-10-13)21-18(25)23-17(20)24-19-22-16(12-26-19)14-7-3-2-4-8-14;/h2-12H,1H3,(H4,20,21,22,23,24,25);/q-1;. The maximum absolute atomic E-state index is 12.0. The Balaban J connectivity index is 0.00000261. The van der Waals surface area contributed by atoms with Crippen LogP contribution in [0.25, 0.3) is 11.3 Å². The molecule has 1 heterocycles. The van der Waals surface area contributed by atoms with E-state index in [1.807, 2.05) is 66.9 Å². The van der Waals surface area contributed by atoms with Gasteiger partial charge in [0.25, 0.3) is 0 Å². The van der Waals surface area contributed by atoms with Gasteiger partial charge in [-0.05, 0) is 5.70 Å². The number of nitrogens with one attached hydrogen (secondary N) is 2. The van der Waals surface area contributed by atoms with Crippen LogP contribution in [0, 0.1) is 5.92 Å². The molecule has 1 aliphatic carbocycles. The Labute approximate surface area is 155 Å². The van der Waals surface area contributed by atoms with Crippen LogP contribution in [0.5, 0.6) is 0 Å². The summed E-state index contributed by atoms with van der Waals surface area (Å²) in [5.74, 6) is 1.07. The van der Waals surface area contributed by atoms with Gasteiger partial charge < -0.3 is 11.1 Å². The molecule has 1 aromatic carbocycles. The number of benzene rings is 1. The molecule has 0 bridgehead atoms. The van der Waals surface area contributed by atoms with Crippen molar-refractivity contribution in [2.75, 3.05) is 0 Å². The molecule has 2 aromatic rings. The summed E-state index contributed by atoms with van der Waals surface area (Å²) in [7, 11) is 0. The molecule has 8 heteroatoms. The molecule has 0 aliphatic heterocycles. The number of allylic oxidation sites excluding steroid dienone is 5. The van der Waals surface area contributed by atoms with Gasteiger partial charge in [-0.25, -0.2) is 9.78 Å². The van der Waals surface area contributed by atoms with E-state index >= 15 is 0 Å². The molecule has 0 saturated heterocycles. The Hall–Kier alpha value is -4.32. The van der Waals surface area contributed by atoms with E-state index in [1.165, 1.54) is 11.3 Å². The van der Waals surface area contributed by atoms with Gasteiger partial charge >= 0.3 is 6.03 Å². The third-order valence-electron chi connectivity index (χ3n) is 3.44. The molecule has 3 rings (SSSR count). The molecule has 0 spiro atoms. The number of hydrogen-bond donors (Lipinski definition) is 3. The Kier molecular flexibility index (Phi) is 6.11. The number of carbonyl (C=O) groups excluding carboxylic acids is 1. The number of urea groups is 1. The molecular formula is C19H18LrN5OS-. The van der Waals surface area contributed by atoms with E-state index in [0.717, 1.165) is 17.2 Å². The number of aromatic nitrogens is 1. The van der Waals surface area contributed by atoms with Crippen molar-refractivity contribution in [3.05, 3.63) is 77.7 Å². The topological polar surface area (TPSA) is 92.4 Å². The minimum Gasteiger partial charge on any atom is -0.369 e. The first-order valence-electron chi connectivity index (χ1n) is 7.93. The first-order chi connectivity index (χ1) is 12.6. The second-order valence-electron chi connectivity index (χ2n) is 5.52. The van der Waals surface area contributed by atoms with Crippen LogP contribution >= 0.6 is 11.3 Å². The van der Waals surface area contributed by atoms with Gasteiger partial charge in [0, 0.05) is 10.9 Å². The molecule has 0 atom stereocenters. The van der Waals surface area contributed by atoms with Crippen molar-refractivity contribution in [2.24, 2.45) is 10.7 Å². The molecule has 147 valence electrons. The molecule has 0 saturated carbocycles. The number of carbonyl (C=O) groups is 1. The molecule has 1 radical (unpaired) electrons. The predicted octanol–water partition coefficient (Wildman–Crippen LogP) is 3.66. The minimum absolute atomic E-state index is 0. The van der Waals surface area contributed by atoms with Crippen LogP contribution in [0.2, 0.25) is 0 Å². The summed E-state index contributed by atoms with van der Waals surface area (Å²) in [6.07, 6.45) is 9.34. The molecule has 27 heavy (non-hydrogen) atoms. The van der Waals surface area contributed by atoms with Crippen LogP contribution in [0.3, 0.4) is 0 Å². The molecule has 1 aliphatic rings. The van der Waals surface area contributed by atoms with Crippen LogP contribution in [-0.2, 0) is 0 Å². The number of aliphatic imine (C=N–C) groups is 1. The Bertz CT molecular complexity index is 902. The van der Waals surface area contributed by atoms with Gasteiger partial charge in [0.1, 0.15) is 0 Å². The molecular weight excluding hydrogens is 608 g/mol. The normalized spacial score (nSPS) is 13.4. The zero-order valence-electron chi connectivity index (χ0n) is 14.4. The summed E-state index contributed by atoms with van der Waals surface area (Å²) >= 11 is 1.35. The summed E-state index contributed by atoms with van der Waals surface area (Å²) in [6.45, 7) is 1.98. The van der Waals surface area contributed by atoms with E-state index < -0.39 is 6.03 Å². The number of amides is 2. The monoisotopic (exact) mass is 626 g/mol. The zero-order chi connectivity index (χ0) is 18.4. The number of thiazole rings is 1. The molecule has 6 nitrogen and oxygen atoms in total. The number of guanidine groups is 1. The van der Waals surface area contributed by atoms with Crippen molar-refractivity contribution in [3.8, 4) is 11.3 Å². The minimum atomic E-state index is -0.463. The predicted molar refractivity (Wildman–Crippen MR) is 106 cm³/mol. The van der Waals surface area contributed by atoms with E-state index in [2.05, 4.69) is 20.6 Å². The Morgan fingerprint density at radius 2 is 2.04 bits per heavy atom. The van der Waals surface area contributed by atoms with Gasteiger partial charge in [0.15, 0.2) is 0 Å². The fourth-order valence-electron chi connectivity index (χ4n) is 2.19. The van der Waals surface area contributed by atoms with Crippen LogP contribution in [0.1, 0.15) is 6.92 Å². The van der Waals surface area contributed by atoms with Crippen LogP contribution in [0.4, 0.5) is 9.93 Å².